The van der Waals surface area contributed by atoms with Gasteiger partial charge in [-0.15, -0.1) is 0 Å². The quantitative estimate of drug-likeness (QED) is 0.500. The van der Waals surface area contributed by atoms with E-state index in [9.17, 15) is 18.9 Å². The maximum atomic E-state index is 13.9. The number of nitro benzene ring substituents is 1. The number of rotatable bonds is 4. The highest BCUT2D eigenvalue weighted by Gasteiger charge is 2.25. The van der Waals surface area contributed by atoms with Gasteiger partial charge in [-0.05, 0) is 31.2 Å². The van der Waals surface area contributed by atoms with Crippen molar-refractivity contribution in [1.29, 1.82) is 0 Å². The second-order valence-corrected chi connectivity index (χ2v) is 5.64. The van der Waals surface area contributed by atoms with E-state index < -0.39 is 22.2 Å². The Morgan fingerprint density at radius 2 is 2.05 bits per heavy atom. The summed E-state index contributed by atoms with van der Waals surface area (Å²) in [6.07, 6.45) is 5.90. The smallest absolute Gasteiger partial charge is 0.295 e. The molecular formula is C15H20F2N2O2. The molecule has 0 spiro atoms. The van der Waals surface area contributed by atoms with Crippen LogP contribution in [0, 0.1) is 27.7 Å². The number of halogens is 2. The molecule has 0 saturated heterocycles. The molecule has 1 saturated carbocycles. The SMILES string of the molecule is CCC1CCCC(Nc2c([N+](=O)[O-])ccc(F)c2F)CC1. The van der Waals surface area contributed by atoms with Crippen LogP contribution in [-0.4, -0.2) is 11.0 Å². The lowest BCUT2D eigenvalue weighted by Gasteiger charge is -2.18. The van der Waals surface area contributed by atoms with Crippen LogP contribution in [0.1, 0.15) is 45.4 Å². The molecule has 1 N–H and O–H groups in total. The first-order valence-corrected chi connectivity index (χ1v) is 7.41. The molecule has 116 valence electrons. The van der Waals surface area contributed by atoms with Crippen molar-refractivity contribution in [2.24, 2.45) is 5.92 Å². The summed E-state index contributed by atoms with van der Waals surface area (Å²) in [6.45, 7) is 2.15. The van der Waals surface area contributed by atoms with Crippen molar-refractivity contribution in [2.75, 3.05) is 5.32 Å². The molecule has 0 amide bonds. The van der Waals surface area contributed by atoms with Crippen molar-refractivity contribution in [1.82, 2.24) is 0 Å². The Morgan fingerprint density at radius 1 is 1.29 bits per heavy atom. The Bertz CT molecular complexity index is 523. The molecule has 1 aromatic rings. The van der Waals surface area contributed by atoms with E-state index in [1.807, 2.05) is 0 Å². The highest BCUT2D eigenvalue weighted by molar-refractivity contribution is 5.63. The van der Waals surface area contributed by atoms with Crippen molar-refractivity contribution in [3.8, 4) is 0 Å². The lowest BCUT2D eigenvalue weighted by Crippen LogP contribution is -2.20. The molecule has 6 heteroatoms. The van der Waals surface area contributed by atoms with E-state index in [1.165, 1.54) is 0 Å². The monoisotopic (exact) mass is 298 g/mol. The summed E-state index contributed by atoms with van der Waals surface area (Å²) < 4.78 is 27.2. The average Bonchev–Trinajstić information content (AvgIpc) is 2.69. The number of hydrogen-bond donors (Lipinski definition) is 1. The third-order valence-electron chi connectivity index (χ3n) is 4.28. The lowest BCUT2D eigenvalue weighted by atomic mass is 9.98. The Balaban J connectivity index is 2.18. The fraction of sp³-hybridized carbons (Fsp3) is 0.600. The van der Waals surface area contributed by atoms with Crippen molar-refractivity contribution < 1.29 is 13.7 Å². The standard InChI is InChI=1S/C15H20F2N2O2/c1-2-10-4-3-5-11(7-6-10)18-15-13(19(20)21)9-8-12(16)14(15)17/h8-11,18H,2-7H2,1H3. The van der Waals surface area contributed by atoms with Crippen LogP contribution in [0.3, 0.4) is 0 Å². The molecule has 2 atom stereocenters. The van der Waals surface area contributed by atoms with Gasteiger partial charge in [-0.25, -0.2) is 8.78 Å². The Labute approximate surface area is 122 Å². The summed E-state index contributed by atoms with van der Waals surface area (Å²) in [7, 11) is 0. The van der Waals surface area contributed by atoms with Gasteiger partial charge in [-0.3, -0.25) is 10.1 Å². The normalized spacial score (nSPS) is 22.6. The summed E-state index contributed by atoms with van der Waals surface area (Å²) in [6, 6.07) is 1.75. The van der Waals surface area contributed by atoms with Crippen LogP contribution in [0.2, 0.25) is 0 Å². The molecule has 0 aromatic heterocycles. The van der Waals surface area contributed by atoms with Gasteiger partial charge in [0.2, 0.25) is 0 Å². The Morgan fingerprint density at radius 3 is 2.71 bits per heavy atom. The molecule has 0 bridgehead atoms. The second kappa shape index (κ2) is 6.83. The van der Waals surface area contributed by atoms with Crippen LogP contribution in [0.4, 0.5) is 20.2 Å². The van der Waals surface area contributed by atoms with Crippen LogP contribution >= 0.6 is 0 Å². The van der Waals surface area contributed by atoms with Crippen molar-refractivity contribution in [3.63, 3.8) is 0 Å². The summed E-state index contributed by atoms with van der Waals surface area (Å²) in [4.78, 5) is 10.3. The maximum Gasteiger partial charge on any atom is 0.295 e. The summed E-state index contributed by atoms with van der Waals surface area (Å²) in [5.41, 5.74) is -0.731. The third-order valence-corrected chi connectivity index (χ3v) is 4.28. The number of nitrogens with zero attached hydrogens (tertiary/aromatic N) is 1. The first-order valence-electron chi connectivity index (χ1n) is 7.41. The fourth-order valence-corrected chi connectivity index (χ4v) is 2.97. The zero-order valence-electron chi connectivity index (χ0n) is 12.1. The summed E-state index contributed by atoms with van der Waals surface area (Å²) in [5, 5.41) is 13.8. The molecule has 0 aliphatic heterocycles. The topological polar surface area (TPSA) is 55.2 Å². The van der Waals surface area contributed by atoms with E-state index in [-0.39, 0.29) is 11.7 Å². The largest absolute Gasteiger partial charge is 0.374 e. The predicted molar refractivity (Wildman–Crippen MR) is 77.3 cm³/mol. The van der Waals surface area contributed by atoms with E-state index in [2.05, 4.69) is 12.2 Å². The summed E-state index contributed by atoms with van der Waals surface area (Å²) >= 11 is 0. The lowest BCUT2D eigenvalue weighted by molar-refractivity contribution is -0.384. The van der Waals surface area contributed by atoms with Gasteiger partial charge in [0.15, 0.2) is 17.3 Å². The van der Waals surface area contributed by atoms with E-state index in [4.69, 9.17) is 0 Å². The highest BCUT2D eigenvalue weighted by atomic mass is 19.2. The third kappa shape index (κ3) is 3.68. The van der Waals surface area contributed by atoms with Gasteiger partial charge in [0.1, 0.15) is 0 Å². The van der Waals surface area contributed by atoms with Gasteiger partial charge in [-0.1, -0.05) is 26.2 Å². The predicted octanol–water partition coefficient (Wildman–Crippen LogP) is 4.64. The maximum absolute atomic E-state index is 13.9. The van der Waals surface area contributed by atoms with E-state index in [1.54, 1.807) is 0 Å². The number of hydrogen-bond acceptors (Lipinski definition) is 3. The molecule has 1 aromatic carbocycles. The highest BCUT2D eigenvalue weighted by Crippen LogP contribution is 2.33. The van der Waals surface area contributed by atoms with E-state index >= 15 is 0 Å². The fourth-order valence-electron chi connectivity index (χ4n) is 2.97. The first-order chi connectivity index (χ1) is 10.0. The molecule has 2 unspecified atom stereocenters. The van der Waals surface area contributed by atoms with Crippen molar-refractivity contribution >= 4 is 11.4 Å². The minimum Gasteiger partial charge on any atom is -0.374 e. The first kappa shape index (κ1) is 15.7. The van der Waals surface area contributed by atoms with Crippen LogP contribution in [0.5, 0.6) is 0 Å². The molecule has 2 rings (SSSR count). The zero-order chi connectivity index (χ0) is 15.4. The molecule has 0 radical (unpaired) electrons. The minimum atomic E-state index is -1.17. The van der Waals surface area contributed by atoms with Crippen molar-refractivity contribution in [2.45, 2.75) is 51.5 Å². The van der Waals surface area contributed by atoms with Gasteiger partial charge >= 0.3 is 0 Å². The number of benzene rings is 1. The molecule has 4 nitrogen and oxygen atoms in total. The Kier molecular flexibility index (Phi) is 5.09. The number of anilines is 1. The molecule has 1 aliphatic carbocycles. The van der Waals surface area contributed by atoms with Gasteiger partial charge in [0.05, 0.1) is 4.92 Å². The van der Waals surface area contributed by atoms with Gasteiger partial charge in [-0.2, -0.15) is 0 Å². The zero-order valence-corrected chi connectivity index (χ0v) is 12.1. The minimum absolute atomic E-state index is 0.0449. The second-order valence-electron chi connectivity index (χ2n) is 5.64. The molecular weight excluding hydrogens is 278 g/mol. The van der Waals surface area contributed by atoms with Crippen LogP contribution in [0.25, 0.3) is 0 Å². The number of nitro groups is 1. The molecule has 0 heterocycles. The Hall–Kier alpha value is -1.72. The van der Waals surface area contributed by atoms with E-state index in [0.717, 1.165) is 50.7 Å². The number of nitrogens with one attached hydrogen (secondary N) is 1. The van der Waals surface area contributed by atoms with Crippen LogP contribution in [-0.2, 0) is 0 Å². The summed E-state index contributed by atoms with van der Waals surface area (Å²) in [5.74, 6) is -1.58. The van der Waals surface area contributed by atoms with Gasteiger partial charge in [0.25, 0.3) is 5.69 Å². The molecule has 1 fully saturated rings. The van der Waals surface area contributed by atoms with Crippen LogP contribution in [0.15, 0.2) is 12.1 Å². The molecule has 21 heavy (non-hydrogen) atoms. The van der Waals surface area contributed by atoms with Gasteiger partial charge < -0.3 is 5.32 Å². The van der Waals surface area contributed by atoms with Crippen LogP contribution < -0.4 is 5.32 Å². The molecule has 1 aliphatic rings. The van der Waals surface area contributed by atoms with Crippen molar-refractivity contribution in [3.05, 3.63) is 33.9 Å². The average molecular weight is 298 g/mol. The van der Waals surface area contributed by atoms with Gasteiger partial charge in [0, 0.05) is 12.1 Å². The van der Waals surface area contributed by atoms with E-state index in [0.29, 0.717) is 5.92 Å².